The quantitative estimate of drug-likeness (QED) is 0.213. The van der Waals surface area contributed by atoms with E-state index in [1.54, 1.807) is 0 Å². The molecule has 0 aliphatic rings. The predicted octanol–water partition coefficient (Wildman–Crippen LogP) is -1.44. The predicted molar refractivity (Wildman–Crippen MR) is 61.8 cm³/mol. The van der Waals surface area contributed by atoms with Gasteiger partial charge in [0.05, 0.1) is 13.0 Å². The highest BCUT2D eigenvalue weighted by molar-refractivity contribution is 7.87. The molecule has 0 saturated heterocycles. The number of aliphatic carboxylic acids is 1. The largest absolute Gasteiger partial charge is 0.481 e. The van der Waals surface area contributed by atoms with E-state index in [2.05, 4.69) is 16.6 Å². The molecule has 0 bridgehead atoms. The number of rotatable bonds is 8. The van der Waals surface area contributed by atoms with Crippen LogP contribution in [0, 0.1) is 0 Å². The van der Waals surface area contributed by atoms with Gasteiger partial charge in [-0.3, -0.25) is 18.9 Å². The third-order valence-corrected chi connectivity index (χ3v) is 2.89. The molecule has 0 rings (SSSR count). The highest BCUT2D eigenvalue weighted by Gasteiger charge is 2.34. The highest BCUT2D eigenvalue weighted by Crippen LogP contribution is 2.07. The van der Waals surface area contributed by atoms with Crippen molar-refractivity contribution >= 4 is 28.0 Å². The Hall–Kier alpha value is -1.94. The minimum absolute atomic E-state index is 0.109. The zero-order valence-corrected chi connectivity index (χ0v) is 10.6. The molecule has 0 radical (unpaired) electrons. The molecule has 10 heteroatoms. The molecule has 0 aliphatic carbocycles. The number of carbonyl (C=O) groups is 3. The van der Waals surface area contributed by atoms with E-state index in [4.69, 9.17) is 9.66 Å². The molecular formula is C9H13NO8S. The Morgan fingerprint density at radius 1 is 1.37 bits per heavy atom. The first-order valence-corrected chi connectivity index (χ1v) is 6.43. The average Bonchev–Trinajstić information content (AvgIpc) is 2.29. The van der Waals surface area contributed by atoms with Crippen molar-refractivity contribution in [3.8, 4) is 0 Å². The van der Waals surface area contributed by atoms with Gasteiger partial charge in [0.2, 0.25) is 5.91 Å². The topological polar surface area (TPSA) is 147 Å². The van der Waals surface area contributed by atoms with Crippen LogP contribution in [-0.2, 0) is 29.2 Å². The summed E-state index contributed by atoms with van der Waals surface area (Å²) in [5, 5.41) is 8.47. The number of carboxylic acid groups (broad SMARTS) is 1. The van der Waals surface area contributed by atoms with E-state index in [0.29, 0.717) is 0 Å². The molecule has 0 spiro atoms. The Bertz CT molecular complexity index is 469. The van der Waals surface area contributed by atoms with E-state index in [9.17, 15) is 22.8 Å². The molecule has 0 saturated carbocycles. The summed E-state index contributed by atoms with van der Waals surface area (Å²) in [4.78, 5) is 32.4. The molecule has 3 N–H and O–H groups in total. The Balaban J connectivity index is 4.38. The number of nitrogens with one attached hydrogen (secondary N) is 1. The van der Waals surface area contributed by atoms with Crippen LogP contribution in [0.15, 0.2) is 12.7 Å². The summed E-state index contributed by atoms with van der Waals surface area (Å²) in [6, 6.07) is 0. The maximum absolute atomic E-state index is 11.3. The summed E-state index contributed by atoms with van der Waals surface area (Å²) in [7, 11) is -4.88. The Kier molecular flexibility index (Phi) is 6.72. The van der Waals surface area contributed by atoms with E-state index < -0.39 is 39.6 Å². The van der Waals surface area contributed by atoms with E-state index in [-0.39, 0.29) is 13.2 Å². The van der Waals surface area contributed by atoms with E-state index in [0.717, 1.165) is 6.08 Å². The minimum atomic E-state index is -4.88. The smallest absolute Gasteiger partial charge is 0.327 e. The summed E-state index contributed by atoms with van der Waals surface area (Å²) < 4.78 is 34.7. The minimum Gasteiger partial charge on any atom is -0.481 e. The van der Waals surface area contributed by atoms with Crippen LogP contribution in [0.3, 0.4) is 0 Å². The first-order chi connectivity index (χ1) is 8.68. The summed E-state index contributed by atoms with van der Waals surface area (Å²) in [5.74, 6) is -3.51. The van der Waals surface area contributed by atoms with Gasteiger partial charge in [-0.1, -0.05) is 6.58 Å². The summed E-state index contributed by atoms with van der Waals surface area (Å²) in [5.41, 5.74) is 0. The number of carbonyl (C=O) groups excluding carboxylic acids is 2. The normalized spacial score (nSPS) is 12.3. The molecule has 19 heavy (non-hydrogen) atoms. The maximum atomic E-state index is 11.3. The fourth-order valence-corrected chi connectivity index (χ4v) is 1.62. The summed E-state index contributed by atoms with van der Waals surface area (Å²) in [6.07, 6.45) is -0.135. The van der Waals surface area contributed by atoms with Crippen LogP contribution < -0.4 is 5.32 Å². The van der Waals surface area contributed by atoms with Gasteiger partial charge in [-0.15, -0.1) is 0 Å². The lowest BCUT2D eigenvalue weighted by atomic mass is 10.3. The van der Waals surface area contributed by atoms with Gasteiger partial charge in [0.25, 0.3) is 10.1 Å². The summed E-state index contributed by atoms with van der Waals surface area (Å²) in [6.45, 7) is 2.69. The third-order valence-electron chi connectivity index (χ3n) is 1.81. The Morgan fingerprint density at radius 2 is 1.95 bits per heavy atom. The maximum Gasteiger partial charge on any atom is 0.327 e. The molecule has 9 nitrogen and oxygen atoms in total. The molecule has 1 unspecified atom stereocenters. The molecule has 0 aliphatic heterocycles. The van der Waals surface area contributed by atoms with Gasteiger partial charge in [-0.25, -0.2) is 0 Å². The number of hydrogen-bond acceptors (Lipinski definition) is 6. The average molecular weight is 295 g/mol. The van der Waals surface area contributed by atoms with Crippen LogP contribution in [0.1, 0.15) is 6.42 Å². The molecule has 0 aromatic rings. The van der Waals surface area contributed by atoms with Gasteiger partial charge >= 0.3 is 11.9 Å². The van der Waals surface area contributed by atoms with Crippen molar-refractivity contribution in [3.05, 3.63) is 12.7 Å². The lowest BCUT2D eigenvalue weighted by Crippen LogP contribution is -2.35. The van der Waals surface area contributed by atoms with Crippen LogP contribution in [0.5, 0.6) is 0 Å². The second-order valence-corrected chi connectivity index (χ2v) is 4.86. The van der Waals surface area contributed by atoms with Gasteiger partial charge < -0.3 is 15.2 Å². The van der Waals surface area contributed by atoms with Gasteiger partial charge in [-0.2, -0.15) is 8.42 Å². The standard InChI is InChI=1S/C9H13NO8S/c1-2-7(11)10-3-4-18-9(14)6(5-8(12)13)19(15,16)17/h2,6H,1,3-5H2,(H,10,11)(H,12,13)(H,15,16,17). The van der Waals surface area contributed by atoms with Gasteiger partial charge in [0.1, 0.15) is 6.61 Å². The first-order valence-electron chi connectivity index (χ1n) is 4.93. The highest BCUT2D eigenvalue weighted by atomic mass is 32.2. The first kappa shape index (κ1) is 17.1. The molecule has 0 heterocycles. The van der Waals surface area contributed by atoms with Crippen LogP contribution in [-0.4, -0.2) is 54.3 Å². The van der Waals surface area contributed by atoms with Crippen LogP contribution in [0.25, 0.3) is 0 Å². The van der Waals surface area contributed by atoms with Crippen molar-refractivity contribution in [2.75, 3.05) is 13.2 Å². The number of hydrogen-bond donors (Lipinski definition) is 3. The van der Waals surface area contributed by atoms with E-state index >= 15 is 0 Å². The zero-order valence-electron chi connectivity index (χ0n) is 9.74. The molecule has 1 amide bonds. The second kappa shape index (κ2) is 7.48. The molecule has 108 valence electrons. The van der Waals surface area contributed by atoms with Gasteiger partial charge in [0.15, 0.2) is 5.25 Å². The fourth-order valence-electron chi connectivity index (χ4n) is 0.960. The van der Waals surface area contributed by atoms with Crippen LogP contribution >= 0.6 is 0 Å². The Labute approximate surface area is 109 Å². The molecule has 0 aromatic heterocycles. The number of esters is 1. The molecule has 0 aromatic carbocycles. The van der Waals surface area contributed by atoms with E-state index in [1.807, 2.05) is 0 Å². The van der Waals surface area contributed by atoms with Crippen LogP contribution in [0.4, 0.5) is 0 Å². The SMILES string of the molecule is C=CC(=O)NCCOC(=O)C(CC(=O)O)S(=O)(=O)O. The molecular weight excluding hydrogens is 282 g/mol. The number of amides is 1. The third kappa shape index (κ3) is 7.16. The van der Waals surface area contributed by atoms with E-state index in [1.165, 1.54) is 0 Å². The van der Waals surface area contributed by atoms with Crippen LogP contribution in [0.2, 0.25) is 0 Å². The van der Waals surface area contributed by atoms with Gasteiger partial charge in [-0.05, 0) is 6.08 Å². The fraction of sp³-hybridized carbons (Fsp3) is 0.444. The monoisotopic (exact) mass is 295 g/mol. The van der Waals surface area contributed by atoms with Crippen molar-refractivity contribution in [2.45, 2.75) is 11.7 Å². The lowest BCUT2D eigenvalue weighted by molar-refractivity contribution is -0.147. The van der Waals surface area contributed by atoms with Gasteiger partial charge in [0, 0.05) is 0 Å². The van der Waals surface area contributed by atoms with Crippen molar-refractivity contribution in [1.29, 1.82) is 0 Å². The molecule has 1 atom stereocenters. The van der Waals surface area contributed by atoms with Crippen molar-refractivity contribution < 1.29 is 37.2 Å². The Morgan fingerprint density at radius 3 is 2.37 bits per heavy atom. The van der Waals surface area contributed by atoms with Crippen molar-refractivity contribution in [3.63, 3.8) is 0 Å². The number of ether oxygens (including phenoxy) is 1. The van der Waals surface area contributed by atoms with Crippen molar-refractivity contribution in [1.82, 2.24) is 5.32 Å². The second-order valence-electron chi connectivity index (χ2n) is 3.26. The lowest BCUT2D eigenvalue weighted by Gasteiger charge is -2.11. The van der Waals surface area contributed by atoms with Crippen molar-refractivity contribution in [2.24, 2.45) is 0 Å². The number of carboxylic acids is 1. The zero-order chi connectivity index (χ0) is 15.1. The molecule has 0 fully saturated rings. The summed E-state index contributed by atoms with van der Waals surface area (Å²) >= 11 is 0.